The zero-order valence-corrected chi connectivity index (χ0v) is 19.6. The number of piperidine rings is 1. The molecule has 1 amide bonds. The van der Waals surface area contributed by atoms with Gasteiger partial charge in [0, 0.05) is 25.7 Å². The first-order chi connectivity index (χ1) is 13.6. The van der Waals surface area contributed by atoms with Crippen LogP contribution in [0.3, 0.4) is 0 Å². The van der Waals surface area contributed by atoms with Gasteiger partial charge in [-0.05, 0) is 50.7 Å². The second kappa shape index (κ2) is 11.0. The molecule has 3 rings (SSSR count). The van der Waals surface area contributed by atoms with Gasteiger partial charge in [-0.2, -0.15) is 0 Å². The van der Waals surface area contributed by atoms with Gasteiger partial charge in [0.1, 0.15) is 5.60 Å². The number of nitrogens with zero attached hydrogens (tertiary/aromatic N) is 2. The number of guanidine groups is 1. The molecule has 0 bridgehead atoms. The lowest BCUT2D eigenvalue weighted by Gasteiger charge is -2.32. The van der Waals surface area contributed by atoms with Crippen LogP contribution in [0.15, 0.2) is 29.3 Å². The zero-order valence-electron chi connectivity index (χ0n) is 17.3. The summed E-state index contributed by atoms with van der Waals surface area (Å²) in [6.07, 6.45) is 3.04. The monoisotopic (exact) mass is 516 g/mol. The van der Waals surface area contributed by atoms with E-state index in [0.717, 1.165) is 37.3 Å². The molecule has 1 unspecified atom stereocenters. The van der Waals surface area contributed by atoms with Gasteiger partial charge in [-0.25, -0.2) is 9.79 Å². The molecule has 0 spiro atoms. The second-order valence-electron chi connectivity index (χ2n) is 7.49. The summed E-state index contributed by atoms with van der Waals surface area (Å²) in [6, 6.07) is 8.32. The predicted octanol–water partition coefficient (Wildman–Crippen LogP) is 2.61. The number of benzene rings is 1. The molecule has 8 heteroatoms. The van der Waals surface area contributed by atoms with Gasteiger partial charge in [0.05, 0.1) is 13.2 Å². The molecular weight excluding hydrogens is 483 g/mol. The number of aliphatic imine (C=N–C) groups is 1. The lowest BCUT2D eigenvalue weighted by Crippen LogP contribution is -2.50. The fraction of sp³-hybridized carbons (Fsp3) is 0.619. The van der Waals surface area contributed by atoms with Crippen LogP contribution in [0.4, 0.5) is 4.79 Å². The SMILES string of the molecule is CCNC(=NCC1(O)CCc2ccccc21)NC1CCN(C(=O)OCC)CC1.I. The third kappa shape index (κ3) is 5.97. The van der Waals surface area contributed by atoms with Crippen LogP contribution in [0.2, 0.25) is 0 Å². The van der Waals surface area contributed by atoms with Crippen molar-refractivity contribution < 1.29 is 14.6 Å². The maximum atomic E-state index is 11.8. The van der Waals surface area contributed by atoms with Crippen molar-refractivity contribution in [1.82, 2.24) is 15.5 Å². The molecule has 1 aliphatic heterocycles. The van der Waals surface area contributed by atoms with Gasteiger partial charge in [-0.3, -0.25) is 0 Å². The Morgan fingerprint density at radius 2 is 2.03 bits per heavy atom. The topological polar surface area (TPSA) is 86.2 Å². The highest BCUT2D eigenvalue weighted by Gasteiger charge is 2.36. The van der Waals surface area contributed by atoms with E-state index in [4.69, 9.17) is 4.74 Å². The quantitative estimate of drug-likeness (QED) is 0.318. The number of carbonyl (C=O) groups excluding carboxylic acids is 1. The van der Waals surface area contributed by atoms with E-state index in [0.29, 0.717) is 32.7 Å². The van der Waals surface area contributed by atoms with Crippen molar-refractivity contribution in [2.24, 2.45) is 4.99 Å². The number of ether oxygens (including phenoxy) is 1. The van der Waals surface area contributed by atoms with Crippen molar-refractivity contribution in [2.45, 2.75) is 51.2 Å². The third-order valence-corrected chi connectivity index (χ3v) is 5.53. The number of carbonyl (C=O) groups is 1. The molecule has 1 aromatic carbocycles. The van der Waals surface area contributed by atoms with Crippen LogP contribution in [0.5, 0.6) is 0 Å². The fourth-order valence-corrected chi connectivity index (χ4v) is 3.98. The van der Waals surface area contributed by atoms with Crippen molar-refractivity contribution in [1.29, 1.82) is 0 Å². The van der Waals surface area contributed by atoms with Crippen molar-refractivity contribution >= 4 is 36.0 Å². The molecule has 1 atom stereocenters. The lowest BCUT2D eigenvalue weighted by molar-refractivity contribution is 0.0484. The van der Waals surface area contributed by atoms with E-state index in [1.807, 2.05) is 32.0 Å². The Balaban J connectivity index is 0.00000300. The average molecular weight is 516 g/mol. The highest BCUT2D eigenvalue weighted by Crippen LogP contribution is 2.36. The molecule has 1 aliphatic carbocycles. The van der Waals surface area contributed by atoms with Gasteiger partial charge >= 0.3 is 6.09 Å². The van der Waals surface area contributed by atoms with Crippen molar-refractivity contribution in [3.05, 3.63) is 35.4 Å². The number of aryl methyl sites for hydroxylation is 1. The first-order valence-electron chi connectivity index (χ1n) is 10.3. The summed E-state index contributed by atoms with van der Waals surface area (Å²) in [5.41, 5.74) is 1.31. The molecule has 0 radical (unpaired) electrons. The highest BCUT2D eigenvalue weighted by molar-refractivity contribution is 14.0. The molecule has 2 aliphatic rings. The molecule has 29 heavy (non-hydrogen) atoms. The number of likely N-dealkylation sites (tertiary alicyclic amines) is 1. The van der Waals surface area contributed by atoms with E-state index < -0.39 is 5.60 Å². The number of nitrogens with one attached hydrogen (secondary N) is 2. The number of fused-ring (bicyclic) bond motifs is 1. The molecule has 1 aromatic rings. The van der Waals surface area contributed by atoms with Gasteiger partial charge in [-0.15, -0.1) is 24.0 Å². The third-order valence-electron chi connectivity index (χ3n) is 5.53. The standard InChI is InChI=1S/C21H32N4O3.HI/c1-3-22-19(24-17-10-13-25(14-11-17)20(26)28-4-2)23-15-21(27)12-9-16-7-5-6-8-18(16)21;/h5-8,17,27H,3-4,9-15H2,1-2H3,(H2,22,23,24);1H. The number of hydrogen-bond donors (Lipinski definition) is 3. The Hall–Kier alpha value is -1.55. The zero-order chi connectivity index (χ0) is 20.0. The van der Waals surface area contributed by atoms with Gasteiger partial charge in [0.25, 0.3) is 0 Å². The van der Waals surface area contributed by atoms with E-state index in [2.05, 4.69) is 21.7 Å². The van der Waals surface area contributed by atoms with Gasteiger partial charge < -0.3 is 25.4 Å². The van der Waals surface area contributed by atoms with Crippen LogP contribution in [0, 0.1) is 0 Å². The minimum Gasteiger partial charge on any atom is -0.450 e. The van der Waals surface area contributed by atoms with Crippen molar-refractivity contribution in [2.75, 3.05) is 32.8 Å². The van der Waals surface area contributed by atoms with Crippen LogP contribution < -0.4 is 10.6 Å². The predicted molar refractivity (Wildman–Crippen MR) is 125 cm³/mol. The summed E-state index contributed by atoms with van der Waals surface area (Å²) in [5, 5.41) is 17.8. The number of amides is 1. The largest absolute Gasteiger partial charge is 0.450 e. The Labute approximate surface area is 190 Å². The molecule has 0 saturated carbocycles. The van der Waals surface area contributed by atoms with Crippen LogP contribution in [0.1, 0.15) is 44.2 Å². The van der Waals surface area contributed by atoms with E-state index in [1.54, 1.807) is 4.90 Å². The van der Waals surface area contributed by atoms with Crippen LogP contribution in [-0.4, -0.2) is 60.9 Å². The summed E-state index contributed by atoms with van der Waals surface area (Å²) >= 11 is 0. The molecular formula is C21H33IN4O3. The minimum atomic E-state index is -0.897. The molecule has 1 fully saturated rings. The molecule has 1 heterocycles. The van der Waals surface area contributed by atoms with E-state index >= 15 is 0 Å². The Morgan fingerprint density at radius 3 is 2.72 bits per heavy atom. The molecule has 7 nitrogen and oxygen atoms in total. The summed E-state index contributed by atoms with van der Waals surface area (Å²) < 4.78 is 5.07. The second-order valence-corrected chi connectivity index (χ2v) is 7.49. The molecule has 0 aromatic heterocycles. The summed E-state index contributed by atoms with van der Waals surface area (Å²) in [6.45, 7) is 6.69. The highest BCUT2D eigenvalue weighted by atomic mass is 127. The first kappa shape index (κ1) is 23.7. The number of aliphatic hydroxyl groups is 1. The van der Waals surface area contributed by atoms with Gasteiger partial charge in [0.15, 0.2) is 5.96 Å². The number of halogens is 1. The van der Waals surface area contributed by atoms with Gasteiger partial charge in [-0.1, -0.05) is 24.3 Å². The van der Waals surface area contributed by atoms with Crippen LogP contribution >= 0.6 is 24.0 Å². The van der Waals surface area contributed by atoms with E-state index in [1.165, 1.54) is 5.56 Å². The Morgan fingerprint density at radius 1 is 1.31 bits per heavy atom. The van der Waals surface area contributed by atoms with Crippen LogP contribution in [-0.2, 0) is 16.8 Å². The van der Waals surface area contributed by atoms with Gasteiger partial charge in [0.2, 0.25) is 0 Å². The number of hydrogen-bond acceptors (Lipinski definition) is 4. The fourth-order valence-electron chi connectivity index (χ4n) is 3.98. The molecule has 1 saturated heterocycles. The normalized spacial score (nSPS) is 21.9. The Kier molecular flexibility index (Phi) is 9.01. The first-order valence-corrected chi connectivity index (χ1v) is 10.3. The van der Waals surface area contributed by atoms with Crippen LogP contribution in [0.25, 0.3) is 0 Å². The summed E-state index contributed by atoms with van der Waals surface area (Å²) in [7, 11) is 0. The lowest BCUT2D eigenvalue weighted by atomic mass is 9.96. The smallest absolute Gasteiger partial charge is 0.409 e. The maximum absolute atomic E-state index is 11.8. The minimum absolute atomic E-state index is 0. The summed E-state index contributed by atoms with van der Waals surface area (Å²) in [4.78, 5) is 18.3. The Bertz CT molecular complexity index is 707. The average Bonchev–Trinajstić information content (AvgIpc) is 3.05. The van der Waals surface area contributed by atoms with Crippen molar-refractivity contribution in [3.63, 3.8) is 0 Å². The van der Waals surface area contributed by atoms with E-state index in [9.17, 15) is 9.90 Å². The maximum Gasteiger partial charge on any atom is 0.409 e. The van der Waals surface area contributed by atoms with Crippen molar-refractivity contribution in [3.8, 4) is 0 Å². The molecule has 3 N–H and O–H groups in total. The van der Waals surface area contributed by atoms with E-state index in [-0.39, 0.29) is 36.1 Å². The number of rotatable bonds is 5. The summed E-state index contributed by atoms with van der Waals surface area (Å²) in [5.74, 6) is 0.717. The molecule has 162 valence electrons.